The zero-order chi connectivity index (χ0) is 15.8. The van der Waals surface area contributed by atoms with Crippen LogP contribution in [0, 0.1) is 0 Å². The highest BCUT2D eigenvalue weighted by molar-refractivity contribution is 8.76. The van der Waals surface area contributed by atoms with Gasteiger partial charge in [0.25, 0.3) is 20.2 Å². The molecule has 0 aromatic rings. The predicted molar refractivity (Wildman–Crippen MR) is 82.9 cm³/mol. The summed E-state index contributed by atoms with van der Waals surface area (Å²) in [6.07, 6.45) is 0.336. The maximum Gasteiger partial charge on any atom is 0.264 e. The van der Waals surface area contributed by atoms with E-state index in [1.807, 2.05) is 0 Å². The van der Waals surface area contributed by atoms with E-state index in [-0.39, 0.29) is 36.4 Å². The van der Waals surface area contributed by atoms with Gasteiger partial charge in [0.1, 0.15) is 0 Å². The minimum Gasteiger partial charge on any atom is -0.327 e. The van der Waals surface area contributed by atoms with Crippen LogP contribution in [0.25, 0.3) is 0 Å². The third kappa shape index (κ3) is 14.8. The molecular formula is C8H20N2O6S4. The maximum absolute atomic E-state index is 10.5. The lowest BCUT2D eigenvalue weighted by atomic mass is 10.3. The summed E-state index contributed by atoms with van der Waals surface area (Å²) in [6.45, 7) is 0. The monoisotopic (exact) mass is 368 g/mol. The van der Waals surface area contributed by atoms with Crippen molar-refractivity contribution in [2.45, 2.75) is 24.9 Å². The van der Waals surface area contributed by atoms with Crippen LogP contribution in [0.2, 0.25) is 0 Å². The summed E-state index contributed by atoms with van der Waals surface area (Å²) in [5.41, 5.74) is 11.3. The lowest BCUT2D eigenvalue weighted by Crippen LogP contribution is -2.27. The molecule has 0 aliphatic rings. The zero-order valence-electron chi connectivity index (χ0n) is 10.7. The third-order valence-corrected chi connectivity index (χ3v) is 6.26. The van der Waals surface area contributed by atoms with Crippen LogP contribution in [0.3, 0.4) is 0 Å². The van der Waals surface area contributed by atoms with Crippen LogP contribution in [-0.2, 0) is 20.2 Å². The molecule has 2 atom stereocenters. The number of hydrogen-bond acceptors (Lipinski definition) is 8. The molecule has 6 N–H and O–H groups in total. The third-order valence-electron chi connectivity index (χ3n) is 2.14. The fraction of sp³-hybridized carbons (Fsp3) is 1.00. The molecule has 0 amide bonds. The first-order valence-electron chi connectivity index (χ1n) is 5.65. The van der Waals surface area contributed by atoms with Gasteiger partial charge < -0.3 is 11.5 Å². The summed E-state index contributed by atoms with van der Waals surface area (Å²) in [5.74, 6) is 0.247. The van der Waals surface area contributed by atoms with Gasteiger partial charge in [-0.2, -0.15) is 16.8 Å². The predicted octanol–water partition coefficient (Wildman–Crippen LogP) is -0.422. The van der Waals surface area contributed by atoms with Gasteiger partial charge in [-0.05, 0) is 12.8 Å². The van der Waals surface area contributed by atoms with Gasteiger partial charge >= 0.3 is 0 Å². The van der Waals surface area contributed by atoms with E-state index in [1.165, 1.54) is 21.6 Å². The summed E-state index contributed by atoms with van der Waals surface area (Å²) in [4.78, 5) is 0. The minimum atomic E-state index is -3.98. The van der Waals surface area contributed by atoms with E-state index < -0.39 is 20.2 Å². The quantitative estimate of drug-likeness (QED) is 0.214. The molecular weight excluding hydrogens is 348 g/mol. The molecule has 0 aliphatic heterocycles. The topological polar surface area (TPSA) is 161 Å². The van der Waals surface area contributed by atoms with E-state index in [1.54, 1.807) is 0 Å². The van der Waals surface area contributed by atoms with Crippen molar-refractivity contribution in [2.24, 2.45) is 11.5 Å². The minimum absolute atomic E-state index is 0.168. The van der Waals surface area contributed by atoms with Gasteiger partial charge in [0.05, 0.1) is 11.5 Å². The Bertz CT molecular complexity index is 421. The van der Waals surface area contributed by atoms with E-state index >= 15 is 0 Å². The average molecular weight is 369 g/mol. The standard InChI is InChI=1S/C8H20N2O6S4/c9-7(1-3-19(11,12)13)5-17-18-6-8(10)2-4-20(14,15)16/h7-8H,1-6,9-10H2,(H,11,12,13)(H,14,15,16)/t7-,8-/m0/s1. The summed E-state index contributed by atoms with van der Waals surface area (Å²) >= 11 is 0. The maximum atomic E-state index is 10.5. The van der Waals surface area contributed by atoms with Gasteiger partial charge in [-0.3, -0.25) is 9.11 Å². The second kappa shape index (κ2) is 9.46. The van der Waals surface area contributed by atoms with Gasteiger partial charge in [0.2, 0.25) is 0 Å². The van der Waals surface area contributed by atoms with Gasteiger partial charge in [-0.1, -0.05) is 21.6 Å². The molecule has 12 heteroatoms. The van der Waals surface area contributed by atoms with Crippen molar-refractivity contribution >= 4 is 41.8 Å². The molecule has 0 aliphatic carbocycles. The number of rotatable bonds is 11. The summed E-state index contributed by atoms with van der Waals surface area (Å²) in [6, 6.07) is -0.716. The van der Waals surface area contributed by atoms with Crippen LogP contribution in [0.15, 0.2) is 0 Å². The molecule has 0 bridgehead atoms. The van der Waals surface area contributed by atoms with Gasteiger partial charge in [0.15, 0.2) is 0 Å². The molecule has 0 saturated carbocycles. The van der Waals surface area contributed by atoms with Crippen molar-refractivity contribution in [3.05, 3.63) is 0 Å². The second-order valence-electron chi connectivity index (χ2n) is 4.24. The second-order valence-corrected chi connectivity index (χ2v) is 9.94. The number of hydrogen-bond donors (Lipinski definition) is 4. The molecule has 20 heavy (non-hydrogen) atoms. The Morgan fingerprint density at radius 2 is 1.10 bits per heavy atom. The Kier molecular flexibility index (Phi) is 9.66. The Morgan fingerprint density at radius 3 is 1.35 bits per heavy atom. The smallest absolute Gasteiger partial charge is 0.264 e. The summed E-state index contributed by atoms with van der Waals surface area (Å²) in [7, 11) is -5.17. The Balaban J connectivity index is 3.65. The molecule has 0 aromatic heterocycles. The highest BCUT2D eigenvalue weighted by Crippen LogP contribution is 2.23. The first-order chi connectivity index (χ1) is 8.99. The molecule has 0 radical (unpaired) electrons. The van der Waals surface area contributed by atoms with Crippen molar-refractivity contribution in [2.75, 3.05) is 23.0 Å². The SMILES string of the molecule is N[C@@H](CCS(=O)(=O)O)CSSC[C@@H](N)CCS(=O)(=O)O. The summed E-state index contributed by atoms with van der Waals surface area (Å²) in [5, 5.41) is 0. The van der Waals surface area contributed by atoms with E-state index in [0.717, 1.165) is 0 Å². The molecule has 0 unspecified atom stereocenters. The van der Waals surface area contributed by atoms with Gasteiger partial charge in [-0.15, -0.1) is 0 Å². The fourth-order valence-electron chi connectivity index (χ4n) is 1.04. The van der Waals surface area contributed by atoms with Crippen LogP contribution in [0.5, 0.6) is 0 Å². The Morgan fingerprint density at radius 1 is 0.800 bits per heavy atom. The Hall–Kier alpha value is 0.440. The van der Waals surface area contributed by atoms with Crippen LogP contribution in [0.1, 0.15) is 12.8 Å². The first kappa shape index (κ1) is 20.4. The van der Waals surface area contributed by atoms with Gasteiger partial charge in [-0.25, -0.2) is 0 Å². The van der Waals surface area contributed by atoms with Crippen molar-refractivity contribution in [3.8, 4) is 0 Å². The average Bonchev–Trinajstić information content (AvgIpc) is 2.27. The van der Waals surface area contributed by atoms with Crippen LogP contribution >= 0.6 is 21.6 Å². The van der Waals surface area contributed by atoms with Gasteiger partial charge in [0, 0.05) is 23.6 Å². The van der Waals surface area contributed by atoms with Crippen molar-refractivity contribution in [1.29, 1.82) is 0 Å². The van der Waals surface area contributed by atoms with E-state index in [2.05, 4.69) is 0 Å². The molecule has 0 heterocycles. The van der Waals surface area contributed by atoms with Crippen LogP contribution in [-0.4, -0.2) is 61.0 Å². The van der Waals surface area contributed by atoms with Crippen molar-refractivity contribution < 1.29 is 25.9 Å². The lowest BCUT2D eigenvalue weighted by molar-refractivity contribution is 0.476. The molecule has 122 valence electrons. The number of nitrogens with two attached hydrogens (primary N) is 2. The molecule has 0 fully saturated rings. The van der Waals surface area contributed by atoms with E-state index in [0.29, 0.717) is 11.5 Å². The largest absolute Gasteiger partial charge is 0.327 e. The Labute approximate surface area is 127 Å². The van der Waals surface area contributed by atoms with Crippen molar-refractivity contribution in [1.82, 2.24) is 0 Å². The molecule has 0 aromatic carbocycles. The zero-order valence-corrected chi connectivity index (χ0v) is 14.0. The van der Waals surface area contributed by atoms with E-state index in [4.69, 9.17) is 20.6 Å². The highest BCUT2D eigenvalue weighted by Gasteiger charge is 2.12. The first-order valence-corrected chi connectivity index (χ1v) is 11.4. The van der Waals surface area contributed by atoms with Crippen molar-refractivity contribution in [3.63, 3.8) is 0 Å². The molecule has 8 nitrogen and oxygen atoms in total. The highest BCUT2D eigenvalue weighted by atomic mass is 33.1. The molecule has 0 saturated heterocycles. The lowest BCUT2D eigenvalue weighted by Gasteiger charge is -2.12. The van der Waals surface area contributed by atoms with E-state index in [9.17, 15) is 16.8 Å². The molecule has 0 spiro atoms. The fourth-order valence-corrected chi connectivity index (χ4v) is 4.74. The summed E-state index contributed by atoms with van der Waals surface area (Å²) < 4.78 is 59.1. The molecule has 0 rings (SSSR count). The normalized spacial score (nSPS) is 16.0. The van der Waals surface area contributed by atoms with Crippen LogP contribution in [0.4, 0.5) is 0 Å². The van der Waals surface area contributed by atoms with Crippen LogP contribution < -0.4 is 11.5 Å².